The summed E-state index contributed by atoms with van der Waals surface area (Å²) in [6.45, 7) is 8.13. The second-order valence-electron chi connectivity index (χ2n) is 9.39. The number of hydrogen-bond donors (Lipinski definition) is 2. The molecule has 2 N–H and O–H groups in total. The first kappa shape index (κ1) is 22.1. The van der Waals surface area contributed by atoms with Crippen LogP contribution in [0.2, 0.25) is 0 Å². The lowest BCUT2D eigenvalue weighted by molar-refractivity contribution is 0.0782. The summed E-state index contributed by atoms with van der Waals surface area (Å²) in [6.07, 6.45) is 0.771. The van der Waals surface area contributed by atoms with Gasteiger partial charge in [0.25, 0.3) is 5.91 Å². The topological polar surface area (TPSA) is 75.2 Å². The van der Waals surface area contributed by atoms with Gasteiger partial charge in [-0.25, -0.2) is 0 Å². The summed E-state index contributed by atoms with van der Waals surface area (Å²) in [4.78, 5) is 20.4. The predicted octanol–water partition coefficient (Wildman–Crippen LogP) is 3.70. The van der Waals surface area contributed by atoms with Crippen LogP contribution in [0.4, 0.5) is 5.69 Å². The molecular formula is C25H32N4O3. The fourth-order valence-electron chi connectivity index (χ4n) is 4.33. The number of fused-ring (bicyclic) bond motifs is 1. The number of anilines is 1. The summed E-state index contributed by atoms with van der Waals surface area (Å²) >= 11 is 0. The van der Waals surface area contributed by atoms with E-state index in [2.05, 4.69) is 43.5 Å². The quantitative estimate of drug-likeness (QED) is 0.767. The van der Waals surface area contributed by atoms with Crippen molar-refractivity contribution in [3.8, 4) is 11.5 Å². The number of amides is 1. The monoisotopic (exact) mass is 436 g/mol. The van der Waals surface area contributed by atoms with E-state index >= 15 is 0 Å². The first-order chi connectivity index (χ1) is 15.2. The van der Waals surface area contributed by atoms with Crippen molar-refractivity contribution in [1.82, 2.24) is 10.2 Å². The summed E-state index contributed by atoms with van der Waals surface area (Å²) < 4.78 is 10.7. The van der Waals surface area contributed by atoms with E-state index in [0.717, 1.165) is 17.9 Å². The Kier molecular flexibility index (Phi) is 5.86. The number of carbonyl (C=O) groups excluding carboxylic acids is 1. The SMILES string of the molecule is COc1ccc(C(=O)N2CC[C@]3(C2)NCc2ccccc2NC3=NC(C)(C)C)c(OC)c1. The predicted molar refractivity (Wildman–Crippen MR) is 127 cm³/mol. The largest absolute Gasteiger partial charge is 0.497 e. The number of rotatable bonds is 3. The van der Waals surface area contributed by atoms with Crippen LogP contribution in [0.3, 0.4) is 0 Å². The maximum absolute atomic E-state index is 13.5. The van der Waals surface area contributed by atoms with Gasteiger partial charge in [-0.1, -0.05) is 18.2 Å². The number of carbonyl (C=O) groups is 1. The van der Waals surface area contributed by atoms with Gasteiger partial charge in [0.1, 0.15) is 17.3 Å². The molecule has 2 heterocycles. The van der Waals surface area contributed by atoms with E-state index in [1.165, 1.54) is 5.56 Å². The van der Waals surface area contributed by atoms with Crippen LogP contribution in [0.5, 0.6) is 11.5 Å². The number of nitrogens with one attached hydrogen (secondary N) is 2. The number of para-hydroxylation sites is 1. The summed E-state index contributed by atoms with van der Waals surface area (Å²) in [7, 11) is 3.17. The second-order valence-corrected chi connectivity index (χ2v) is 9.39. The van der Waals surface area contributed by atoms with Gasteiger partial charge in [0.15, 0.2) is 0 Å². The fourth-order valence-corrected chi connectivity index (χ4v) is 4.33. The highest BCUT2D eigenvalue weighted by atomic mass is 16.5. The summed E-state index contributed by atoms with van der Waals surface area (Å²) in [5.41, 5.74) is 2.08. The van der Waals surface area contributed by atoms with E-state index in [9.17, 15) is 4.79 Å². The van der Waals surface area contributed by atoms with E-state index < -0.39 is 5.54 Å². The third-order valence-corrected chi connectivity index (χ3v) is 5.98. The standard InChI is InChI=1S/C25H32N4O3/c1-24(2,3)28-23-25(26-15-17-8-6-7-9-20(17)27-23)12-13-29(16-25)22(30)19-11-10-18(31-4)14-21(19)32-5/h6-11,14,26H,12-13,15-16H2,1-5H3,(H,27,28)/t25-/m1/s1. The van der Waals surface area contributed by atoms with Crippen molar-refractivity contribution in [3.05, 3.63) is 53.6 Å². The molecule has 4 rings (SSSR count). The lowest BCUT2D eigenvalue weighted by Crippen LogP contribution is -2.56. The number of methoxy groups -OCH3 is 2. The van der Waals surface area contributed by atoms with Gasteiger partial charge in [0.2, 0.25) is 0 Å². The number of ether oxygens (including phenoxy) is 2. The Morgan fingerprint density at radius 2 is 1.91 bits per heavy atom. The van der Waals surface area contributed by atoms with Crippen LogP contribution in [0.25, 0.3) is 0 Å². The number of nitrogens with zero attached hydrogens (tertiary/aromatic N) is 2. The lowest BCUT2D eigenvalue weighted by Gasteiger charge is -2.32. The molecule has 7 nitrogen and oxygen atoms in total. The zero-order valence-corrected chi connectivity index (χ0v) is 19.5. The van der Waals surface area contributed by atoms with Crippen LogP contribution >= 0.6 is 0 Å². The minimum absolute atomic E-state index is 0.0555. The Bertz CT molecular complexity index is 1040. The molecule has 2 aromatic rings. The number of aliphatic imine (C=N–C) groups is 1. The highest BCUT2D eigenvalue weighted by Gasteiger charge is 2.46. The first-order valence-corrected chi connectivity index (χ1v) is 11.0. The highest BCUT2D eigenvalue weighted by molar-refractivity contribution is 6.05. The Balaban J connectivity index is 1.66. The van der Waals surface area contributed by atoms with Gasteiger partial charge >= 0.3 is 0 Å². The smallest absolute Gasteiger partial charge is 0.257 e. The molecule has 2 aliphatic rings. The van der Waals surface area contributed by atoms with Crippen molar-refractivity contribution in [2.75, 3.05) is 32.6 Å². The number of benzene rings is 2. The highest BCUT2D eigenvalue weighted by Crippen LogP contribution is 2.33. The Hall–Kier alpha value is -3.06. The molecule has 2 aromatic carbocycles. The Morgan fingerprint density at radius 3 is 2.62 bits per heavy atom. The third kappa shape index (κ3) is 4.30. The fraction of sp³-hybridized carbons (Fsp3) is 0.440. The first-order valence-electron chi connectivity index (χ1n) is 11.0. The third-order valence-electron chi connectivity index (χ3n) is 5.98. The molecule has 7 heteroatoms. The average molecular weight is 437 g/mol. The molecule has 170 valence electrons. The molecule has 0 aromatic heterocycles. The van der Waals surface area contributed by atoms with Crippen molar-refractivity contribution in [1.29, 1.82) is 0 Å². The molecule has 0 saturated carbocycles. The van der Waals surface area contributed by atoms with Gasteiger partial charge in [0.05, 0.1) is 30.9 Å². The maximum atomic E-state index is 13.5. The van der Waals surface area contributed by atoms with Gasteiger partial charge in [-0.2, -0.15) is 0 Å². The van der Waals surface area contributed by atoms with Gasteiger partial charge in [-0.05, 0) is 51.0 Å². The van der Waals surface area contributed by atoms with Gasteiger partial charge in [0, 0.05) is 31.4 Å². The second kappa shape index (κ2) is 8.47. The van der Waals surface area contributed by atoms with Crippen LogP contribution < -0.4 is 20.1 Å². The summed E-state index contributed by atoms with van der Waals surface area (Å²) in [5, 5.41) is 7.32. The van der Waals surface area contributed by atoms with Crippen LogP contribution in [0, 0.1) is 0 Å². The van der Waals surface area contributed by atoms with Crippen LogP contribution in [-0.2, 0) is 6.54 Å². The van der Waals surface area contributed by atoms with Crippen molar-refractivity contribution < 1.29 is 14.3 Å². The molecule has 32 heavy (non-hydrogen) atoms. The minimum Gasteiger partial charge on any atom is -0.497 e. The zero-order valence-electron chi connectivity index (χ0n) is 19.5. The van der Waals surface area contributed by atoms with E-state index in [4.69, 9.17) is 14.5 Å². The molecule has 1 amide bonds. The molecule has 1 saturated heterocycles. The number of hydrogen-bond acceptors (Lipinski definition) is 5. The minimum atomic E-state index is -0.443. The summed E-state index contributed by atoms with van der Waals surface area (Å²) in [5.74, 6) is 1.99. The van der Waals surface area contributed by atoms with E-state index in [-0.39, 0.29) is 11.4 Å². The van der Waals surface area contributed by atoms with Crippen LogP contribution in [-0.4, -0.2) is 55.0 Å². The van der Waals surface area contributed by atoms with Crippen LogP contribution in [0.15, 0.2) is 47.5 Å². The number of likely N-dealkylation sites (tertiary alicyclic amines) is 1. The molecule has 2 aliphatic heterocycles. The van der Waals surface area contributed by atoms with Gasteiger partial charge < -0.3 is 19.7 Å². The van der Waals surface area contributed by atoms with Crippen molar-refractivity contribution >= 4 is 17.4 Å². The molecular weight excluding hydrogens is 404 g/mol. The molecule has 0 unspecified atom stereocenters. The molecule has 0 radical (unpaired) electrons. The number of amidine groups is 1. The van der Waals surface area contributed by atoms with Crippen molar-refractivity contribution in [3.63, 3.8) is 0 Å². The van der Waals surface area contributed by atoms with Crippen LogP contribution in [0.1, 0.15) is 43.1 Å². The van der Waals surface area contributed by atoms with E-state index in [0.29, 0.717) is 36.7 Å². The Morgan fingerprint density at radius 1 is 1.12 bits per heavy atom. The normalized spacial score (nSPS) is 21.8. The molecule has 1 atom stereocenters. The van der Waals surface area contributed by atoms with Gasteiger partial charge in [-0.15, -0.1) is 0 Å². The molecule has 1 fully saturated rings. The van der Waals surface area contributed by atoms with E-state index in [1.807, 2.05) is 17.0 Å². The lowest BCUT2D eigenvalue weighted by atomic mass is 9.95. The van der Waals surface area contributed by atoms with Gasteiger partial charge in [-0.3, -0.25) is 15.1 Å². The molecule has 0 aliphatic carbocycles. The molecule has 0 bridgehead atoms. The maximum Gasteiger partial charge on any atom is 0.257 e. The zero-order chi connectivity index (χ0) is 22.9. The summed E-state index contributed by atoms with van der Waals surface area (Å²) in [6, 6.07) is 13.6. The average Bonchev–Trinajstić information content (AvgIpc) is 3.15. The van der Waals surface area contributed by atoms with Crippen molar-refractivity contribution in [2.45, 2.75) is 44.8 Å². The molecule has 1 spiro atoms. The van der Waals surface area contributed by atoms with E-state index in [1.54, 1.807) is 32.4 Å². The van der Waals surface area contributed by atoms with Crippen molar-refractivity contribution in [2.24, 2.45) is 4.99 Å². The Labute approximate surface area is 189 Å².